The van der Waals surface area contributed by atoms with Crippen molar-refractivity contribution >= 4 is 21.6 Å². The lowest BCUT2D eigenvalue weighted by Gasteiger charge is -2.22. The Morgan fingerprint density at radius 2 is 1.40 bits per heavy atom. The zero-order valence-corrected chi connectivity index (χ0v) is 20.8. The third kappa shape index (κ3) is 5.61. The first-order valence-corrected chi connectivity index (χ1v) is 12.8. The fourth-order valence-electron chi connectivity index (χ4n) is 3.91. The van der Waals surface area contributed by atoms with Gasteiger partial charge in [-0.05, 0) is 67.3 Å². The van der Waals surface area contributed by atoms with Gasteiger partial charge < -0.3 is 5.32 Å². The lowest BCUT2D eigenvalue weighted by molar-refractivity contribution is 0.0943. The molecule has 0 spiro atoms. The molecule has 0 radical (unpaired) electrons. The minimum atomic E-state index is -3.79. The lowest BCUT2D eigenvalue weighted by Crippen LogP contribution is -2.30. The Morgan fingerprint density at radius 3 is 2.09 bits per heavy atom. The zero-order chi connectivity index (χ0) is 25.0. The van der Waals surface area contributed by atoms with Crippen molar-refractivity contribution in [2.24, 2.45) is 0 Å². The molecule has 0 fully saturated rings. The summed E-state index contributed by atoms with van der Waals surface area (Å²) in [5, 5.41) is 3.14. The molecule has 4 aromatic carbocycles. The Morgan fingerprint density at radius 1 is 0.743 bits per heavy atom. The van der Waals surface area contributed by atoms with Gasteiger partial charge in [0.2, 0.25) is 0 Å². The van der Waals surface area contributed by atoms with E-state index in [0.29, 0.717) is 11.3 Å². The Hall–Kier alpha value is -3.90. The van der Waals surface area contributed by atoms with Gasteiger partial charge in [0, 0.05) is 5.56 Å². The van der Waals surface area contributed by atoms with Crippen molar-refractivity contribution in [2.45, 2.75) is 31.7 Å². The van der Waals surface area contributed by atoms with Crippen LogP contribution in [-0.4, -0.2) is 14.3 Å². The first-order valence-electron chi connectivity index (χ1n) is 11.4. The summed E-state index contributed by atoms with van der Waals surface area (Å²) < 4.78 is 28.5. The van der Waals surface area contributed by atoms with Gasteiger partial charge in [-0.1, -0.05) is 78.4 Å². The van der Waals surface area contributed by atoms with Gasteiger partial charge in [0.25, 0.3) is 15.9 Å². The minimum Gasteiger partial charge on any atom is -0.341 e. The summed E-state index contributed by atoms with van der Waals surface area (Å²) in [6.07, 6.45) is 0. The van der Waals surface area contributed by atoms with Gasteiger partial charge in [-0.25, -0.2) is 8.42 Å². The van der Waals surface area contributed by atoms with Crippen molar-refractivity contribution in [3.8, 4) is 0 Å². The van der Waals surface area contributed by atoms with Gasteiger partial charge in [0.1, 0.15) is 0 Å². The summed E-state index contributed by atoms with van der Waals surface area (Å²) in [6.45, 7) is 5.71. The molecule has 1 amide bonds. The van der Waals surface area contributed by atoms with Crippen LogP contribution in [0.5, 0.6) is 0 Å². The van der Waals surface area contributed by atoms with Gasteiger partial charge in [-0.15, -0.1) is 0 Å². The molecule has 4 aromatic rings. The van der Waals surface area contributed by atoms with E-state index in [4.69, 9.17) is 0 Å². The predicted molar refractivity (Wildman–Crippen MR) is 140 cm³/mol. The highest BCUT2D eigenvalue weighted by molar-refractivity contribution is 7.92. The third-order valence-corrected chi connectivity index (χ3v) is 7.36. The van der Waals surface area contributed by atoms with Crippen LogP contribution in [0.1, 0.15) is 44.2 Å². The average Bonchev–Trinajstić information content (AvgIpc) is 2.85. The molecule has 178 valence electrons. The van der Waals surface area contributed by atoms with Crippen LogP contribution in [-0.2, 0) is 10.0 Å². The largest absolute Gasteiger partial charge is 0.341 e. The number of nitrogens with one attached hydrogen (secondary N) is 2. The fourth-order valence-corrected chi connectivity index (χ4v) is 5.03. The molecule has 0 aliphatic heterocycles. The molecule has 0 heterocycles. The second kappa shape index (κ2) is 10.2. The Labute approximate surface area is 206 Å². The summed E-state index contributed by atoms with van der Waals surface area (Å²) in [5.41, 5.74) is 5.45. The Balaban J connectivity index is 1.63. The second-order valence-corrected chi connectivity index (χ2v) is 10.3. The molecule has 0 unspecified atom stereocenters. The summed E-state index contributed by atoms with van der Waals surface area (Å²) in [4.78, 5) is 13.5. The molecule has 0 aromatic heterocycles. The van der Waals surface area contributed by atoms with Crippen LogP contribution in [0.15, 0.2) is 102 Å². The van der Waals surface area contributed by atoms with Gasteiger partial charge in [0.15, 0.2) is 0 Å². The number of carbonyl (C=O) groups is 1. The van der Waals surface area contributed by atoms with Crippen LogP contribution in [0.2, 0.25) is 0 Å². The summed E-state index contributed by atoms with van der Waals surface area (Å²) in [7, 11) is -3.79. The van der Waals surface area contributed by atoms with Crippen molar-refractivity contribution in [1.29, 1.82) is 0 Å². The number of anilines is 1. The number of amides is 1. The number of benzene rings is 4. The first kappa shape index (κ1) is 24.2. The standard InChI is InChI=1S/C29H28N2O3S/c1-20-13-17-25(18-14-20)35(33,34)31-27-19-24(16-15-22(27)3)29(32)30-28(23-10-5-4-6-11-23)26-12-8-7-9-21(26)2/h4-19,28,31H,1-3H3,(H,30,32)/t28-/m1/s1. The van der Waals surface area contributed by atoms with Gasteiger partial charge in [-0.3, -0.25) is 9.52 Å². The van der Waals surface area contributed by atoms with E-state index in [1.807, 2.05) is 68.4 Å². The molecule has 6 heteroatoms. The Bertz CT molecular complexity index is 1450. The molecular formula is C29H28N2O3S. The van der Waals surface area contributed by atoms with Crippen LogP contribution < -0.4 is 10.0 Å². The number of carbonyl (C=O) groups excluding carboxylic acids is 1. The number of hydrogen-bond acceptors (Lipinski definition) is 3. The molecule has 0 saturated carbocycles. The van der Waals surface area contributed by atoms with Gasteiger partial charge in [-0.2, -0.15) is 0 Å². The lowest BCUT2D eigenvalue weighted by atomic mass is 9.94. The molecule has 0 aliphatic rings. The summed E-state index contributed by atoms with van der Waals surface area (Å²) >= 11 is 0. The maximum Gasteiger partial charge on any atom is 0.261 e. The smallest absolute Gasteiger partial charge is 0.261 e. The zero-order valence-electron chi connectivity index (χ0n) is 19.9. The van der Waals surface area contributed by atoms with Crippen LogP contribution in [0.4, 0.5) is 5.69 Å². The molecule has 35 heavy (non-hydrogen) atoms. The molecule has 1 atom stereocenters. The van der Waals surface area contributed by atoms with Crippen LogP contribution in [0.25, 0.3) is 0 Å². The highest BCUT2D eigenvalue weighted by atomic mass is 32.2. The third-order valence-electron chi connectivity index (χ3n) is 5.98. The molecule has 0 saturated heterocycles. The predicted octanol–water partition coefficient (Wildman–Crippen LogP) is 5.93. The fraction of sp³-hybridized carbons (Fsp3) is 0.138. The number of rotatable bonds is 7. The molecular weight excluding hydrogens is 456 g/mol. The van der Waals surface area contributed by atoms with Crippen LogP contribution in [0, 0.1) is 20.8 Å². The van der Waals surface area contributed by atoms with Crippen molar-refractivity contribution in [2.75, 3.05) is 4.72 Å². The molecule has 0 bridgehead atoms. The molecule has 4 rings (SSSR count). The summed E-state index contributed by atoms with van der Waals surface area (Å²) in [6, 6.07) is 29.0. The van der Waals surface area contributed by atoms with Crippen LogP contribution >= 0.6 is 0 Å². The van der Waals surface area contributed by atoms with Crippen LogP contribution in [0.3, 0.4) is 0 Å². The van der Waals surface area contributed by atoms with E-state index in [1.54, 1.807) is 49.4 Å². The van der Waals surface area contributed by atoms with E-state index in [0.717, 1.165) is 27.8 Å². The number of hydrogen-bond donors (Lipinski definition) is 2. The average molecular weight is 485 g/mol. The molecule has 0 aliphatic carbocycles. The first-order chi connectivity index (χ1) is 16.7. The highest BCUT2D eigenvalue weighted by Crippen LogP contribution is 2.26. The minimum absolute atomic E-state index is 0.168. The maximum absolute atomic E-state index is 13.4. The van der Waals surface area contributed by atoms with Crippen molar-refractivity contribution in [3.63, 3.8) is 0 Å². The van der Waals surface area contributed by atoms with E-state index >= 15 is 0 Å². The van der Waals surface area contributed by atoms with Crippen molar-refractivity contribution in [1.82, 2.24) is 5.32 Å². The van der Waals surface area contributed by atoms with E-state index in [9.17, 15) is 13.2 Å². The maximum atomic E-state index is 13.4. The van der Waals surface area contributed by atoms with E-state index < -0.39 is 10.0 Å². The van der Waals surface area contributed by atoms with Gasteiger partial charge >= 0.3 is 0 Å². The van der Waals surface area contributed by atoms with E-state index in [1.165, 1.54) is 0 Å². The van der Waals surface area contributed by atoms with Crippen molar-refractivity contribution in [3.05, 3.63) is 130 Å². The molecule has 5 nitrogen and oxygen atoms in total. The quantitative estimate of drug-likeness (QED) is 0.341. The normalized spacial score (nSPS) is 12.1. The SMILES string of the molecule is Cc1ccc(S(=O)(=O)Nc2cc(C(=O)N[C@H](c3ccccc3)c3ccccc3C)ccc2C)cc1. The monoisotopic (exact) mass is 484 g/mol. The van der Waals surface area contributed by atoms with Crippen molar-refractivity contribution < 1.29 is 13.2 Å². The topological polar surface area (TPSA) is 75.3 Å². The second-order valence-electron chi connectivity index (χ2n) is 8.62. The number of aryl methyl sites for hydroxylation is 3. The van der Waals surface area contributed by atoms with E-state index in [2.05, 4.69) is 10.0 Å². The highest BCUT2D eigenvalue weighted by Gasteiger charge is 2.21. The van der Waals surface area contributed by atoms with E-state index in [-0.39, 0.29) is 16.8 Å². The van der Waals surface area contributed by atoms with Gasteiger partial charge in [0.05, 0.1) is 16.6 Å². The summed E-state index contributed by atoms with van der Waals surface area (Å²) in [5.74, 6) is -0.294. The number of sulfonamides is 1. The molecule has 2 N–H and O–H groups in total. The Kier molecular flexibility index (Phi) is 7.03.